The molecule has 0 aromatic heterocycles. The van der Waals surface area contributed by atoms with Gasteiger partial charge in [0.15, 0.2) is 0 Å². The molecule has 2 unspecified atom stereocenters. The van der Waals surface area contributed by atoms with Crippen molar-refractivity contribution in [1.82, 2.24) is 4.90 Å². The Bertz CT molecular complexity index is 202. The second-order valence-electron chi connectivity index (χ2n) is 3.86. The van der Waals surface area contributed by atoms with E-state index in [1.165, 1.54) is 13.0 Å². The number of nitrogens with zero attached hydrogens (tertiary/aromatic N) is 1. The van der Waals surface area contributed by atoms with Crippen LogP contribution in [0, 0.1) is 17.8 Å². The van der Waals surface area contributed by atoms with Gasteiger partial charge in [0.1, 0.15) is 0 Å². The van der Waals surface area contributed by atoms with Crippen molar-refractivity contribution in [2.45, 2.75) is 46.2 Å². The zero-order valence-corrected chi connectivity index (χ0v) is 8.59. The van der Waals surface area contributed by atoms with Crippen LogP contribution in [0.5, 0.6) is 0 Å². The molecule has 0 radical (unpaired) electrons. The summed E-state index contributed by atoms with van der Waals surface area (Å²) >= 11 is 0. The lowest BCUT2D eigenvalue weighted by Gasteiger charge is -2.26. The Labute approximate surface area is 77.6 Å². The van der Waals surface area contributed by atoms with E-state index in [0.717, 1.165) is 0 Å². The van der Waals surface area contributed by atoms with Gasteiger partial charge in [-0.15, -0.1) is 5.92 Å². The fourth-order valence-corrected chi connectivity index (χ4v) is 2.07. The average molecular weight is 167 g/mol. The van der Waals surface area contributed by atoms with Crippen LogP contribution in [-0.2, 0) is 0 Å². The quantitative estimate of drug-likeness (QED) is 0.542. The first-order valence-corrected chi connectivity index (χ1v) is 4.84. The molecule has 1 heterocycles. The van der Waals surface area contributed by atoms with Crippen LogP contribution >= 0.6 is 0 Å². The van der Waals surface area contributed by atoms with Crippen molar-refractivity contribution in [3.8, 4) is 11.8 Å². The van der Waals surface area contributed by atoms with Gasteiger partial charge >= 0.3 is 0 Å². The molecule has 1 aliphatic heterocycles. The highest BCUT2D eigenvalue weighted by molar-refractivity contribution is 5.07. The fraction of sp³-hybridized carbons (Fsp3) is 0.818. The Morgan fingerprint density at radius 1 is 1.50 bits per heavy atom. The molecule has 0 aliphatic carbocycles. The van der Waals surface area contributed by atoms with Crippen molar-refractivity contribution in [1.29, 1.82) is 0 Å². The molecule has 0 N–H and O–H groups in total. The first-order valence-electron chi connectivity index (χ1n) is 4.84. The van der Waals surface area contributed by atoms with Crippen LogP contribution < -0.4 is 0 Å². The van der Waals surface area contributed by atoms with E-state index in [0.29, 0.717) is 18.0 Å². The normalized spacial score (nSPS) is 30.4. The summed E-state index contributed by atoms with van der Waals surface area (Å²) in [5.41, 5.74) is 0. The summed E-state index contributed by atoms with van der Waals surface area (Å²) in [5, 5.41) is 0. The highest BCUT2D eigenvalue weighted by atomic mass is 15.2. The zero-order valence-electron chi connectivity index (χ0n) is 8.59. The van der Waals surface area contributed by atoms with Gasteiger partial charge in [-0.05, 0) is 40.7 Å². The smallest absolute Gasteiger partial charge is 0.0368 e. The van der Waals surface area contributed by atoms with E-state index in [2.05, 4.69) is 37.5 Å². The van der Waals surface area contributed by atoms with Gasteiger partial charge in [-0.3, -0.25) is 4.90 Å². The summed E-state index contributed by atoms with van der Waals surface area (Å²) in [6, 6.07) is 1.32. The maximum absolute atomic E-state index is 3.29. The molecule has 0 bridgehead atoms. The van der Waals surface area contributed by atoms with Gasteiger partial charge in [0.2, 0.25) is 0 Å². The standard InChI is InChI=1S/C11H19N.H2/c1-5-6-11-7-8-12(9(2)3)10(11)4;/h9-11H,7-8H2,1-4H3;1H. The van der Waals surface area contributed by atoms with Crippen LogP contribution in [0.4, 0.5) is 0 Å². The molecule has 0 amide bonds. The Balaban J connectivity index is 0.00000144. The zero-order chi connectivity index (χ0) is 9.14. The molecule has 0 saturated carbocycles. The minimum atomic E-state index is 0. The van der Waals surface area contributed by atoms with E-state index < -0.39 is 0 Å². The molecule has 1 nitrogen and oxygen atoms in total. The van der Waals surface area contributed by atoms with E-state index in [-0.39, 0.29) is 1.43 Å². The molecule has 1 fully saturated rings. The van der Waals surface area contributed by atoms with Crippen molar-refractivity contribution >= 4 is 0 Å². The Morgan fingerprint density at radius 2 is 2.17 bits per heavy atom. The van der Waals surface area contributed by atoms with Crippen molar-refractivity contribution < 1.29 is 1.43 Å². The molecule has 0 spiro atoms. The summed E-state index contributed by atoms with van der Waals surface area (Å²) in [6.45, 7) is 9.97. The van der Waals surface area contributed by atoms with Crippen molar-refractivity contribution in [2.75, 3.05) is 6.54 Å². The highest BCUT2D eigenvalue weighted by Crippen LogP contribution is 2.25. The first-order chi connectivity index (χ1) is 5.66. The van der Waals surface area contributed by atoms with Gasteiger partial charge in [0.25, 0.3) is 0 Å². The molecule has 1 rings (SSSR count). The van der Waals surface area contributed by atoms with Crippen molar-refractivity contribution in [3.63, 3.8) is 0 Å². The van der Waals surface area contributed by atoms with E-state index in [4.69, 9.17) is 0 Å². The Hall–Kier alpha value is -0.480. The maximum Gasteiger partial charge on any atom is 0.0368 e. The lowest BCUT2D eigenvalue weighted by atomic mass is 10.0. The largest absolute Gasteiger partial charge is 0.297 e. The van der Waals surface area contributed by atoms with Crippen LogP contribution in [-0.4, -0.2) is 23.5 Å². The summed E-state index contributed by atoms with van der Waals surface area (Å²) in [5.74, 6) is 6.92. The van der Waals surface area contributed by atoms with Gasteiger partial charge in [0, 0.05) is 19.4 Å². The molecule has 1 saturated heterocycles. The number of rotatable bonds is 1. The Morgan fingerprint density at radius 3 is 2.58 bits per heavy atom. The van der Waals surface area contributed by atoms with Crippen LogP contribution in [0.15, 0.2) is 0 Å². The molecule has 70 valence electrons. The van der Waals surface area contributed by atoms with E-state index in [1.807, 2.05) is 6.92 Å². The van der Waals surface area contributed by atoms with E-state index in [1.54, 1.807) is 0 Å². The molecule has 2 atom stereocenters. The van der Waals surface area contributed by atoms with Crippen molar-refractivity contribution in [2.24, 2.45) is 5.92 Å². The summed E-state index contributed by atoms with van der Waals surface area (Å²) in [4.78, 5) is 2.54. The highest BCUT2D eigenvalue weighted by Gasteiger charge is 2.30. The van der Waals surface area contributed by atoms with E-state index in [9.17, 15) is 0 Å². The van der Waals surface area contributed by atoms with Crippen LogP contribution in [0.25, 0.3) is 0 Å². The number of hydrogen-bond acceptors (Lipinski definition) is 1. The molecule has 0 aromatic rings. The van der Waals surface area contributed by atoms with Gasteiger partial charge < -0.3 is 0 Å². The number of hydrogen-bond donors (Lipinski definition) is 0. The van der Waals surface area contributed by atoms with Crippen LogP contribution in [0.3, 0.4) is 0 Å². The van der Waals surface area contributed by atoms with Crippen LogP contribution in [0.2, 0.25) is 0 Å². The minimum Gasteiger partial charge on any atom is -0.297 e. The molecule has 1 heteroatoms. The summed E-state index contributed by atoms with van der Waals surface area (Å²) in [6.07, 6.45) is 1.25. The monoisotopic (exact) mass is 167 g/mol. The second-order valence-corrected chi connectivity index (χ2v) is 3.86. The lowest BCUT2D eigenvalue weighted by molar-refractivity contribution is 0.206. The maximum atomic E-state index is 3.29. The SMILES string of the molecule is CC#CC1CCN(C(C)C)C1C.[HH]. The van der Waals surface area contributed by atoms with Crippen molar-refractivity contribution in [3.05, 3.63) is 0 Å². The third-order valence-corrected chi connectivity index (χ3v) is 2.80. The summed E-state index contributed by atoms with van der Waals surface area (Å²) < 4.78 is 0. The molecule has 12 heavy (non-hydrogen) atoms. The molecular weight excluding hydrogens is 146 g/mol. The van der Waals surface area contributed by atoms with E-state index >= 15 is 0 Å². The van der Waals surface area contributed by atoms with Crippen LogP contribution in [0.1, 0.15) is 35.5 Å². The third kappa shape index (κ3) is 1.81. The second kappa shape index (κ2) is 3.96. The average Bonchev–Trinajstić information content (AvgIpc) is 2.34. The first kappa shape index (κ1) is 9.61. The number of likely N-dealkylation sites (tertiary alicyclic amines) is 1. The molecule has 0 aromatic carbocycles. The predicted molar refractivity (Wildman–Crippen MR) is 55.0 cm³/mol. The third-order valence-electron chi connectivity index (χ3n) is 2.80. The summed E-state index contributed by atoms with van der Waals surface area (Å²) in [7, 11) is 0. The van der Waals surface area contributed by atoms with Gasteiger partial charge in [-0.25, -0.2) is 0 Å². The minimum absolute atomic E-state index is 0. The predicted octanol–water partition coefficient (Wildman–Crippen LogP) is 2.37. The fourth-order valence-electron chi connectivity index (χ4n) is 2.07. The van der Waals surface area contributed by atoms with Gasteiger partial charge in [-0.2, -0.15) is 0 Å². The van der Waals surface area contributed by atoms with Gasteiger partial charge in [0.05, 0.1) is 0 Å². The molecule has 1 aliphatic rings. The molecular formula is C11H21N. The lowest BCUT2D eigenvalue weighted by Crippen LogP contribution is -2.35. The Kier molecular flexibility index (Phi) is 3.17. The topological polar surface area (TPSA) is 3.24 Å². The van der Waals surface area contributed by atoms with Gasteiger partial charge in [-0.1, -0.05) is 5.92 Å².